The molecule has 0 atom stereocenters. The smallest absolute Gasteiger partial charge is 0.255 e. The van der Waals surface area contributed by atoms with Crippen molar-refractivity contribution in [3.63, 3.8) is 0 Å². The van der Waals surface area contributed by atoms with Crippen molar-refractivity contribution >= 4 is 27.5 Å². The van der Waals surface area contributed by atoms with Gasteiger partial charge in [0.05, 0.1) is 20.8 Å². The Balaban J connectivity index is 2.15. The Morgan fingerprint density at radius 2 is 1.72 bits per heavy atom. The van der Waals surface area contributed by atoms with Gasteiger partial charge in [-0.25, -0.2) is 0 Å². The summed E-state index contributed by atoms with van der Waals surface area (Å²) in [6.45, 7) is 0.935. The molecule has 1 N–H and O–H groups in total. The summed E-state index contributed by atoms with van der Waals surface area (Å²) in [6.07, 6.45) is 0. The van der Waals surface area contributed by atoms with Gasteiger partial charge in [-0.3, -0.25) is 4.79 Å². The summed E-state index contributed by atoms with van der Waals surface area (Å²) in [5, 5.41) is 2.83. The summed E-state index contributed by atoms with van der Waals surface area (Å²) < 4.78 is 21.7. The first-order valence-electron chi connectivity index (χ1n) is 7.53. The van der Waals surface area contributed by atoms with Gasteiger partial charge in [-0.15, -0.1) is 0 Å². The number of hydrogen-bond acceptors (Lipinski definition) is 5. The number of hydrogen-bond donors (Lipinski definition) is 1. The van der Waals surface area contributed by atoms with Crippen molar-refractivity contribution in [2.75, 3.05) is 39.9 Å². The van der Waals surface area contributed by atoms with Crippen LogP contribution >= 0.6 is 15.9 Å². The van der Waals surface area contributed by atoms with Crippen LogP contribution < -0.4 is 19.5 Å². The second-order valence-corrected chi connectivity index (χ2v) is 5.81. The summed E-state index contributed by atoms with van der Waals surface area (Å²) >= 11 is 3.38. The number of halogens is 1. The number of rotatable bonds is 8. The number of nitrogens with one attached hydrogen (secondary N) is 1. The zero-order valence-electron chi connectivity index (χ0n) is 14.3. The van der Waals surface area contributed by atoms with E-state index < -0.39 is 0 Å². The lowest BCUT2D eigenvalue weighted by Crippen LogP contribution is -2.12. The van der Waals surface area contributed by atoms with Gasteiger partial charge in [0.2, 0.25) is 0 Å². The Labute approximate surface area is 155 Å². The van der Waals surface area contributed by atoms with Crippen LogP contribution in [-0.2, 0) is 4.74 Å². The van der Waals surface area contributed by atoms with Crippen molar-refractivity contribution < 1.29 is 23.7 Å². The van der Waals surface area contributed by atoms with Crippen LogP contribution in [0.15, 0.2) is 40.9 Å². The van der Waals surface area contributed by atoms with E-state index in [9.17, 15) is 4.79 Å². The number of amides is 1. The van der Waals surface area contributed by atoms with Crippen LogP contribution in [0.4, 0.5) is 5.69 Å². The maximum atomic E-state index is 12.5. The van der Waals surface area contributed by atoms with Gasteiger partial charge >= 0.3 is 0 Å². The van der Waals surface area contributed by atoms with E-state index in [1.54, 1.807) is 37.4 Å². The molecule has 0 spiro atoms. The third-order valence-corrected chi connectivity index (χ3v) is 4.14. The molecular weight excluding hydrogens is 390 g/mol. The van der Waals surface area contributed by atoms with E-state index in [0.29, 0.717) is 46.2 Å². The third kappa shape index (κ3) is 5.11. The van der Waals surface area contributed by atoms with Crippen LogP contribution in [0.1, 0.15) is 10.4 Å². The lowest BCUT2D eigenvalue weighted by atomic mass is 10.1. The SMILES string of the molecule is COCCOc1cccc(NC(=O)c2cc(OC)c(Br)c(OC)c2)c1. The second-order valence-electron chi connectivity index (χ2n) is 5.02. The minimum absolute atomic E-state index is 0.279. The van der Waals surface area contributed by atoms with Gasteiger partial charge in [0.25, 0.3) is 5.91 Å². The lowest BCUT2D eigenvalue weighted by molar-refractivity contribution is 0.102. The van der Waals surface area contributed by atoms with Crippen molar-refractivity contribution in [2.24, 2.45) is 0 Å². The molecule has 0 saturated carbocycles. The molecule has 134 valence electrons. The maximum Gasteiger partial charge on any atom is 0.255 e. The van der Waals surface area contributed by atoms with Crippen LogP contribution in [0.2, 0.25) is 0 Å². The van der Waals surface area contributed by atoms with Gasteiger partial charge in [0, 0.05) is 24.4 Å². The molecule has 1 amide bonds. The fourth-order valence-electron chi connectivity index (χ4n) is 2.11. The second kappa shape index (κ2) is 9.29. The number of benzene rings is 2. The van der Waals surface area contributed by atoms with Gasteiger partial charge in [0.15, 0.2) is 0 Å². The van der Waals surface area contributed by atoms with Gasteiger partial charge in [-0.05, 0) is 40.2 Å². The van der Waals surface area contributed by atoms with E-state index in [1.165, 1.54) is 14.2 Å². The summed E-state index contributed by atoms with van der Waals surface area (Å²) in [5.74, 6) is 1.40. The number of ether oxygens (including phenoxy) is 4. The number of anilines is 1. The molecule has 0 saturated heterocycles. The summed E-state index contributed by atoms with van der Waals surface area (Å²) in [6, 6.07) is 10.4. The first-order valence-corrected chi connectivity index (χ1v) is 8.33. The average Bonchev–Trinajstić information content (AvgIpc) is 2.62. The molecule has 0 aliphatic heterocycles. The van der Waals surface area contributed by atoms with Crippen LogP contribution in [0.5, 0.6) is 17.2 Å². The van der Waals surface area contributed by atoms with Crippen LogP contribution in [0.3, 0.4) is 0 Å². The molecule has 0 bridgehead atoms. The molecule has 2 aromatic rings. The zero-order chi connectivity index (χ0) is 18.2. The Hall–Kier alpha value is -2.25. The Bertz CT molecular complexity index is 710. The highest BCUT2D eigenvalue weighted by molar-refractivity contribution is 9.10. The molecule has 6 nitrogen and oxygen atoms in total. The number of carbonyl (C=O) groups is 1. The minimum atomic E-state index is -0.279. The minimum Gasteiger partial charge on any atom is -0.495 e. The standard InChI is InChI=1S/C18H20BrNO5/c1-22-7-8-25-14-6-4-5-13(11-14)20-18(21)12-9-15(23-2)17(19)16(10-12)24-3/h4-6,9-11H,7-8H2,1-3H3,(H,20,21). The fraction of sp³-hybridized carbons (Fsp3) is 0.278. The van der Waals surface area contributed by atoms with E-state index >= 15 is 0 Å². The lowest BCUT2D eigenvalue weighted by Gasteiger charge is -2.12. The number of carbonyl (C=O) groups excluding carboxylic acids is 1. The molecule has 0 heterocycles. The van der Waals surface area contributed by atoms with Gasteiger partial charge < -0.3 is 24.3 Å². The van der Waals surface area contributed by atoms with E-state index in [1.807, 2.05) is 6.07 Å². The van der Waals surface area contributed by atoms with Crippen molar-refractivity contribution in [3.05, 3.63) is 46.4 Å². The number of methoxy groups -OCH3 is 3. The molecule has 0 aliphatic carbocycles. The quantitative estimate of drug-likeness (QED) is 0.672. The molecule has 7 heteroatoms. The molecule has 0 aliphatic rings. The average molecular weight is 410 g/mol. The molecular formula is C18H20BrNO5. The highest BCUT2D eigenvalue weighted by atomic mass is 79.9. The van der Waals surface area contributed by atoms with E-state index in [4.69, 9.17) is 18.9 Å². The topological polar surface area (TPSA) is 66.0 Å². The Morgan fingerprint density at radius 1 is 1.04 bits per heavy atom. The third-order valence-electron chi connectivity index (χ3n) is 3.36. The first kappa shape index (κ1) is 19.1. The maximum absolute atomic E-state index is 12.5. The summed E-state index contributed by atoms with van der Waals surface area (Å²) in [7, 11) is 4.67. The normalized spacial score (nSPS) is 10.2. The van der Waals surface area contributed by atoms with Crippen molar-refractivity contribution in [2.45, 2.75) is 0 Å². The van der Waals surface area contributed by atoms with Crippen LogP contribution in [0, 0.1) is 0 Å². The molecule has 2 aromatic carbocycles. The molecule has 2 rings (SSSR count). The fourth-order valence-corrected chi connectivity index (χ4v) is 2.66. The summed E-state index contributed by atoms with van der Waals surface area (Å²) in [4.78, 5) is 12.5. The van der Waals surface area contributed by atoms with Crippen molar-refractivity contribution in [1.29, 1.82) is 0 Å². The van der Waals surface area contributed by atoms with Crippen molar-refractivity contribution in [3.8, 4) is 17.2 Å². The Morgan fingerprint density at radius 3 is 2.32 bits per heavy atom. The monoisotopic (exact) mass is 409 g/mol. The molecule has 0 radical (unpaired) electrons. The molecule has 0 aromatic heterocycles. The zero-order valence-corrected chi connectivity index (χ0v) is 15.9. The van der Waals surface area contributed by atoms with Gasteiger partial charge in [-0.1, -0.05) is 6.07 Å². The largest absolute Gasteiger partial charge is 0.495 e. The van der Waals surface area contributed by atoms with Gasteiger partial charge in [-0.2, -0.15) is 0 Å². The Kier molecular flexibility index (Phi) is 7.09. The van der Waals surface area contributed by atoms with Crippen molar-refractivity contribution in [1.82, 2.24) is 0 Å². The predicted octanol–water partition coefficient (Wildman–Crippen LogP) is 3.74. The highest BCUT2D eigenvalue weighted by Gasteiger charge is 2.15. The van der Waals surface area contributed by atoms with Crippen LogP contribution in [-0.4, -0.2) is 40.5 Å². The first-order chi connectivity index (χ1) is 12.1. The van der Waals surface area contributed by atoms with E-state index in [-0.39, 0.29) is 5.91 Å². The molecule has 0 unspecified atom stereocenters. The predicted molar refractivity (Wildman–Crippen MR) is 99.0 cm³/mol. The summed E-state index contributed by atoms with van der Waals surface area (Å²) in [5.41, 5.74) is 1.04. The van der Waals surface area contributed by atoms with E-state index in [2.05, 4.69) is 21.2 Å². The molecule has 25 heavy (non-hydrogen) atoms. The van der Waals surface area contributed by atoms with E-state index in [0.717, 1.165) is 0 Å². The highest BCUT2D eigenvalue weighted by Crippen LogP contribution is 2.35. The van der Waals surface area contributed by atoms with Gasteiger partial charge in [0.1, 0.15) is 28.3 Å². The molecule has 0 fully saturated rings. The van der Waals surface area contributed by atoms with Crippen LogP contribution in [0.25, 0.3) is 0 Å².